The highest BCUT2D eigenvalue weighted by Crippen LogP contribution is 2.36. The van der Waals surface area contributed by atoms with Crippen LogP contribution in [0.4, 0.5) is 10.6 Å². The summed E-state index contributed by atoms with van der Waals surface area (Å²) in [7, 11) is 1.57. The van der Waals surface area contributed by atoms with E-state index in [0.29, 0.717) is 64.7 Å². The molecule has 1 aromatic carbocycles. The Hall–Kier alpha value is -4.98. The number of hydrogen-bond acceptors (Lipinski definition) is 9. The number of anilines is 1. The first-order valence-electron chi connectivity index (χ1n) is 15.1. The average Bonchev–Trinajstić information content (AvgIpc) is 2.99. The summed E-state index contributed by atoms with van der Waals surface area (Å²) in [6.07, 6.45) is 1.35. The van der Waals surface area contributed by atoms with Crippen molar-refractivity contribution in [3.05, 3.63) is 69.9 Å². The van der Waals surface area contributed by atoms with Crippen LogP contribution in [-0.2, 0) is 4.74 Å². The Balaban J connectivity index is 1.76. The molecule has 4 aromatic rings. The molecule has 3 aromatic heterocycles. The van der Waals surface area contributed by atoms with Gasteiger partial charge in [0.1, 0.15) is 23.2 Å². The fraction of sp³-hybridized carbons (Fsp3) is 0.412. The van der Waals surface area contributed by atoms with Gasteiger partial charge in [-0.25, -0.2) is 19.1 Å². The number of ether oxygens (including phenoxy) is 2. The number of amides is 1. The first kappa shape index (κ1) is 31.4. The number of methoxy groups -OCH3 is 1. The number of carbonyl (C=O) groups is 1. The van der Waals surface area contributed by atoms with Crippen LogP contribution >= 0.6 is 0 Å². The van der Waals surface area contributed by atoms with E-state index in [1.165, 1.54) is 4.57 Å². The van der Waals surface area contributed by atoms with Crippen LogP contribution in [-0.4, -0.2) is 68.9 Å². The minimum Gasteiger partial charge on any atom is -0.496 e. The van der Waals surface area contributed by atoms with E-state index in [1.54, 1.807) is 30.3 Å². The summed E-state index contributed by atoms with van der Waals surface area (Å²) in [4.78, 5) is 45.0. The maximum absolute atomic E-state index is 14.2. The zero-order valence-electron chi connectivity index (χ0n) is 27.1. The van der Waals surface area contributed by atoms with E-state index in [-0.39, 0.29) is 18.1 Å². The summed E-state index contributed by atoms with van der Waals surface area (Å²) in [6, 6.07) is 13.0. The Morgan fingerprint density at radius 1 is 1.13 bits per heavy atom. The Bertz CT molecular complexity index is 1870. The summed E-state index contributed by atoms with van der Waals surface area (Å²) >= 11 is 0. The first-order chi connectivity index (χ1) is 21.3. The topological polar surface area (TPSA) is 126 Å². The molecule has 0 bridgehead atoms. The zero-order chi connectivity index (χ0) is 32.6. The lowest BCUT2D eigenvalue weighted by Crippen LogP contribution is -2.55. The van der Waals surface area contributed by atoms with Gasteiger partial charge in [0, 0.05) is 37.4 Å². The monoisotopic (exact) mass is 609 g/mol. The van der Waals surface area contributed by atoms with Gasteiger partial charge in [-0.15, -0.1) is 0 Å². The number of aryl methyl sites for hydroxylation is 1. The highest BCUT2D eigenvalue weighted by molar-refractivity contribution is 5.93. The molecule has 1 aliphatic heterocycles. The smallest absolute Gasteiger partial charge is 0.410 e. The van der Waals surface area contributed by atoms with Crippen LogP contribution in [0.1, 0.15) is 64.3 Å². The molecular weight excluding hydrogens is 570 g/mol. The van der Waals surface area contributed by atoms with Crippen LogP contribution in [0.5, 0.6) is 5.75 Å². The van der Waals surface area contributed by atoms with Gasteiger partial charge in [-0.2, -0.15) is 10.2 Å². The molecule has 0 N–H and O–H groups in total. The van der Waals surface area contributed by atoms with Crippen LogP contribution in [0.25, 0.3) is 28.0 Å². The minimum atomic E-state index is -0.614. The third-order valence-electron chi connectivity index (χ3n) is 7.81. The number of hydrogen-bond donors (Lipinski definition) is 0. The normalized spacial score (nSPS) is 15.3. The molecule has 234 valence electrons. The molecular formula is C34H39N7O4. The minimum absolute atomic E-state index is 0.00884. The van der Waals surface area contributed by atoms with E-state index in [1.807, 2.05) is 77.6 Å². The second kappa shape index (κ2) is 12.2. The van der Waals surface area contributed by atoms with Crippen molar-refractivity contribution < 1.29 is 14.3 Å². The number of pyridine rings is 2. The predicted molar refractivity (Wildman–Crippen MR) is 173 cm³/mol. The Morgan fingerprint density at radius 2 is 1.87 bits per heavy atom. The second-order valence-electron chi connectivity index (χ2n) is 12.6. The van der Waals surface area contributed by atoms with Crippen LogP contribution < -0.4 is 15.3 Å². The number of benzene rings is 1. The van der Waals surface area contributed by atoms with Gasteiger partial charge in [-0.05, 0) is 70.4 Å². The molecule has 0 saturated carbocycles. The van der Waals surface area contributed by atoms with Crippen LogP contribution in [0.15, 0.2) is 47.4 Å². The van der Waals surface area contributed by atoms with E-state index in [9.17, 15) is 14.9 Å². The molecule has 1 saturated heterocycles. The lowest BCUT2D eigenvalue weighted by atomic mass is 10.0. The van der Waals surface area contributed by atoms with Crippen molar-refractivity contribution in [3.8, 4) is 28.8 Å². The lowest BCUT2D eigenvalue weighted by Gasteiger charge is -2.41. The van der Waals surface area contributed by atoms with Crippen molar-refractivity contribution in [3.63, 3.8) is 0 Å². The Labute approximate surface area is 263 Å². The number of rotatable bonds is 5. The number of fused-ring (bicyclic) bond motifs is 1. The molecule has 11 nitrogen and oxygen atoms in total. The van der Waals surface area contributed by atoms with Gasteiger partial charge in [0.05, 0.1) is 35.1 Å². The lowest BCUT2D eigenvalue weighted by molar-refractivity contribution is 0.0218. The Kier molecular flexibility index (Phi) is 8.52. The summed E-state index contributed by atoms with van der Waals surface area (Å²) in [5.74, 6) is 0.969. The van der Waals surface area contributed by atoms with E-state index < -0.39 is 11.3 Å². The third kappa shape index (κ3) is 6.05. The van der Waals surface area contributed by atoms with Crippen molar-refractivity contribution >= 4 is 22.9 Å². The molecule has 1 aliphatic rings. The molecule has 4 heterocycles. The first-order valence-corrected chi connectivity index (χ1v) is 15.1. The zero-order valence-corrected chi connectivity index (χ0v) is 27.1. The average molecular weight is 610 g/mol. The third-order valence-corrected chi connectivity index (χ3v) is 7.81. The largest absolute Gasteiger partial charge is 0.496 e. The SMILES string of the molecule is COc1ccccc1-c1nc2c(cc1C#N)c(N1CCN(C(=O)OC(C)(C)C)C[C@@H]1C)nc(=O)n2-c1c(C)ccnc1C(C)C. The molecule has 0 radical (unpaired) electrons. The van der Waals surface area contributed by atoms with Crippen molar-refractivity contribution in [1.29, 1.82) is 5.26 Å². The standard InChI is InChI=1S/C34H39N7O4/c1-20(2)27-29(21(3)13-14-36-27)41-31-25(17-23(18-35)28(37-31)24-11-9-10-12-26(24)44-8)30(38-32(41)42)40-16-15-39(19-22(40)4)33(43)45-34(5,6)7/h9-14,17,20,22H,15-16,19H2,1-8H3/t22-/m0/s1. The van der Waals surface area contributed by atoms with Crippen LogP contribution in [0, 0.1) is 18.3 Å². The molecule has 45 heavy (non-hydrogen) atoms. The summed E-state index contributed by atoms with van der Waals surface area (Å²) in [5.41, 5.74) is 2.75. The van der Waals surface area contributed by atoms with Gasteiger partial charge in [0.25, 0.3) is 0 Å². The van der Waals surface area contributed by atoms with E-state index in [2.05, 4.69) is 16.0 Å². The number of nitriles is 1. The number of nitrogens with zero attached hydrogens (tertiary/aromatic N) is 7. The van der Waals surface area contributed by atoms with Gasteiger partial charge >= 0.3 is 11.8 Å². The van der Waals surface area contributed by atoms with Crippen molar-refractivity contribution in [1.82, 2.24) is 24.4 Å². The van der Waals surface area contributed by atoms with Gasteiger partial charge in [0.15, 0.2) is 5.65 Å². The quantitative estimate of drug-likeness (QED) is 0.284. The molecule has 0 aliphatic carbocycles. The van der Waals surface area contributed by atoms with E-state index >= 15 is 0 Å². The van der Waals surface area contributed by atoms with E-state index in [4.69, 9.17) is 14.5 Å². The number of para-hydroxylation sites is 1. The fourth-order valence-electron chi connectivity index (χ4n) is 5.73. The summed E-state index contributed by atoms with van der Waals surface area (Å²) in [5, 5.41) is 10.9. The maximum atomic E-state index is 14.2. The van der Waals surface area contributed by atoms with Gasteiger partial charge < -0.3 is 19.3 Å². The highest BCUT2D eigenvalue weighted by atomic mass is 16.6. The second-order valence-corrected chi connectivity index (χ2v) is 12.6. The fourth-order valence-corrected chi connectivity index (χ4v) is 5.73. The number of piperazine rings is 1. The molecule has 1 fully saturated rings. The van der Waals surface area contributed by atoms with Gasteiger partial charge in [-0.3, -0.25) is 4.98 Å². The maximum Gasteiger partial charge on any atom is 0.410 e. The number of carbonyl (C=O) groups excluding carboxylic acids is 1. The van der Waals surface area contributed by atoms with Crippen LogP contribution in [0.2, 0.25) is 0 Å². The van der Waals surface area contributed by atoms with Crippen LogP contribution in [0.3, 0.4) is 0 Å². The summed E-state index contributed by atoms with van der Waals surface area (Å²) in [6.45, 7) is 14.6. The van der Waals surface area contributed by atoms with Gasteiger partial charge in [0.2, 0.25) is 0 Å². The predicted octanol–water partition coefficient (Wildman–Crippen LogP) is 5.60. The van der Waals surface area contributed by atoms with Crippen molar-refractivity contribution in [2.24, 2.45) is 0 Å². The summed E-state index contributed by atoms with van der Waals surface area (Å²) < 4.78 is 12.7. The number of aromatic nitrogens is 4. The van der Waals surface area contributed by atoms with E-state index in [0.717, 1.165) is 11.3 Å². The van der Waals surface area contributed by atoms with Gasteiger partial charge in [-0.1, -0.05) is 26.0 Å². The molecule has 1 atom stereocenters. The molecule has 11 heteroatoms. The highest BCUT2D eigenvalue weighted by Gasteiger charge is 2.33. The van der Waals surface area contributed by atoms with Crippen molar-refractivity contribution in [2.75, 3.05) is 31.6 Å². The molecule has 0 unspecified atom stereocenters. The Morgan fingerprint density at radius 3 is 2.51 bits per heavy atom. The molecule has 5 rings (SSSR count). The van der Waals surface area contributed by atoms with Crippen molar-refractivity contribution in [2.45, 2.75) is 66.0 Å². The molecule has 0 spiro atoms. The molecule has 1 amide bonds.